The lowest BCUT2D eigenvalue weighted by Gasteiger charge is -2.20. The SMILES string of the molecule is CCN(CC)S(=O)(=O)c1ccc(N2CC[C@H](C(N)=O)C2)nc1. The number of hydrogen-bond acceptors (Lipinski definition) is 5. The van der Waals surface area contributed by atoms with Crippen molar-refractivity contribution in [3.05, 3.63) is 18.3 Å². The zero-order valence-corrected chi connectivity index (χ0v) is 13.7. The summed E-state index contributed by atoms with van der Waals surface area (Å²) in [4.78, 5) is 17.6. The number of carbonyl (C=O) groups excluding carboxylic acids is 1. The number of nitrogens with zero attached hydrogens (tertiary/aromatic N) is 3. The second kappa shape index (κ2) is 6.62. The molecule has 1 aliphatic rings. The zero-order chi connectivity index (χ0) is 16.3. The van der Waals surface area contributed by atoms with Crippen LogP contribution < -0.4 is 10.6 Å². The van der Waals surface area contributed by atoms with Crippen LogP contribution in [0.15, 0.2) is 23.2 Å². The molecule has 0 radical (unpaired) electrons. The number of carbonyl (C=O) groups is 1. The van der Waals surface area contributed by atoms with Crippen molar-refractivity contribution in [1.29, 1.82) is 0 Å². The van der Waals surface area contributed by atoms with E-state index in [0.29, 0.717) is 38.4 Å². The lowest BCUT2D eigenvalue weighted by Crippen LogP contribution is -2.31. The van der Waals surface area contributed by atoms with Gasteiger partial charge in [0.25, 0.3) is 0 Å². The van der Waals surface area contributed by atoms with Crippen molar-refractivity contribution in [3.8, 4) is 0 Å². The zero-order valence-electron chi connectivity index (χ0n) is 12.9. The molecule has 1 aromatic rings. The van der Waals surface area contributed by atoms with E-state index >= 15 is 0 Å². The third kappa shape index (κ3) is 3.22. The van der Waals surface area contributed by atoms with E-state index in [1.807, 2.05) is 4.90 Å². The Morgan fingerprint density at radius 1 is 1.41 bits per heavy atom. The Balaban J connectivity index is 2.16. The highest BCUT2D eigenvalue weighted by molar-refractivity contribution is 7.89. The molecule has 2 N–H and O–H groups in total. The van der Waals surface area contributed by atoms with Crippen LogP contribution >= 0.6 is 0 Å². The average molecular weight is 326 g/mol. The van der Waals surface area contributed by atoms with Crippen molar-refractivity contribution in [2.45, 2.75) is 25.2 Å². The summed E-state index contributed by atoms with van der Waals surface area (Å²) >= 11 is 0. The van der Waals surface area contributed by atoms with Crippen LogP contribution in [0.3, 0.4) is 0 Å². The topological polar surface area (TPSA) is 96.6 Å². The molecule has 7 nitrogen and oxygen atoms in total. The van der Waals surface area contributed by atoms with Gasteiger partial charge in [-0.15, -0.1) is 0 Å². The predicted octanol–water partition coefficient (Wildman–Crippen LogP) is 0.424. The maximum Gasteiger partial charge on any atom is 0.244 e. The highest BCUT2D eigenvalue weighted by Gasteiger charge is 2.28. The fourth-order valence-corrected chi connectivity index (χ4v) is 4.03. The van der Waals surface area contributed by atoms with Gasteiger partial charge in [0.15, 0.2) is 0 Å². The molecule has 0 aliphatic carbocycles. The Bertz CT molecular complexity index is 626. The van der Waals surface area contributed by atoms with Crippen molar-refractivity contribution in [2.75, 3.05) is 31.1 Å². The molecule has 1 aromatic heterocycles. The van der Waals surface area contributed by atoms with Gasteiger partial charge in [-0.2, -0.15) is 4.31 Å². The summed E-state index contributed by atoms with van der Waals surface area (Å²) in [5.74, 6) is 0.200. The minimum absolute atomic E-state index is 0.166. The maximum atomic E-state index is 12.4. The van der Waals surface area contributed by atoms with Gasteiger partial charge in [-0.1, -0.05) is 13.8 Å². The van der Waals surface area contributed by atoms with Crippen molar-refractivity contribution >= 4 is 21.7 Å². The summed E-state index contributed by atoms with van der Waals surface area (Å²) in [5, 5.41) is 0. The molecule has 0 bridgehead atoms. The molecule has 22 heavy (non-hydrogen) atoms. The van der Waals surface area contributed by atoms with Gasteiger partial charge < -0.3 is 10.6 Å². The monoisotopic (exact) mass is 326 g/mol. The average Bonchev–Trinajstić information content (AvgIpc) is 2.98. The van der Waals surface area contributed by atoms with Gasteiger partial charge in [0, 0.05) is 32.4 Å². The minimum atomic E-state index is -3.49. The molecular weight excluding hydrogens is 304 g/mol. The molecule has 2 rings (SSSR count). The van der Waals surface area contributed by atoms with Crippen LogP contribution in [0.4, 0.5) is 5.82 Å². The third-order valence-corrected chi connectivity index (χ3v) is 6.01. The first-order chi connectivity index (χ1) is 10.4. The summed E-state index contributed by atoms with van der Waals surface area (Å²) in [6.07, 6.45) is 2.08. The van der Waals surface area contributed by atoms with Gasteiger partial charge >= 0.3 is 0 Å². The Hall–Kier alpha value is -1.67. The van der Waals surface area contributed by atoms with Gasteiger partial charge in [-0.3, -0.25) is 4.79 Å². The lowest BCUT2D eigenvalue weighted by atomic mass is 10.1. The van der Waals surface area contributed by atoms with Gasteiger partial charge in [-0.25, -0.2) is 13.4 Å². The molecule has 1 atom stereocenters. The smallest absolute Gasteiger partial charge is 0.244 e. The number of primary amides is 1. The molecule has 1 saturated heterocycles. The Morgan fingerprint density at radius 3 is 2.55 bits per heavy atom. The van der Waals surface area contributed by atoms with E-state index < -0.39 is 10.0 Å². The normalized spacial score (nSPS) is 18.9. The molecule has 122 valence electrons. The van der Waals surface area contributed by atoms with Crippen LogP contribution in [0.1, 0.15) is 20.3 Å². The highest BCUT2D eigenvalue weighted by atomic mass is 32.2. The van der Waals surface area contributed by atoms with Gasteiger partial charge in [-0.05, 0) is 18.6 Å². The number of aromatic nitrogens is 1. The van der Waals surface area contributed by atoms with Crippen LogP contribution in [-0.2, 0) is 14.8 Å². The van der Waals surface area contributed by atoms with Crippen LogP contribution in [0.25, 0.3) is 0 Å². The van der Waals surface area contributed by atoms with Gasteiger partial charge in [0.2, 0.25) is 15.9 Å². The number of pyridine rings is 1. The first-order valence-electron chi connectivity index (χ1n) is 7.40. The summed E-state index contributed by atoms with van der Waals surface area (Å²) in [6, 6.07) is 3.24. The second-order valence-corrected chi connectivity index (χ2v) is 7.21. The molecular formula is C14H22N4O3S. The number of sulfonamides is 1. The molecule has 1 fully saturated rings. The van der Waals surface area contributed by atoms with Crippen molar-refractivity contribution in [1.82, 2.24) is 9.29 Å². The van der Waals surface area contributed by atoms with Crippen LogP contribution in [0.5, 0.6) is 0 Å². The Labute approximate surface area is 131 Å². The Kier molecular flexibility index (Phi) is 5.02. The maximum absolute atomic E-state index is 12.4. The summed E-state index contributed by atoms with van der Waals surface area (Å²) in [5.41, 5.74) is 5.31. The quantitative estimate of drug-likeness (QED) is 0.817. The van der Waals surface area contributed by atoms with E-state index in [0.717, 1.165) is 0 Å². The van der Waals surface area contributed by atoms with E-state index in [-0.39, 0.29) is 16.7 Å². The first kappa shape index (κ1) is 16.7. The molecule has 2 heterocycles. The van der Waals surface area contributed by atoms with E-state index in [9.17, 15) is 13.2 Å². The highest BCUT2D eigenvalue weighted by Crippen LogP contribution is 2.23. The third-order valence-electron chi connectivity index (χ3n) is 3.98. The van der Waals surface area contributed by atoms with Crippen molar-refractivity contribution in [2.24, 2.45) is 11.7 Å². The van der Waals surface area contributed by atoms with E-state index in [1.54, 1.807) is 26.0 Å². The van der Waals surface area contributed by atoms with Crippen molar-refractivity contribution in [3.63, 3.8) is 0 Å². The molecule has 8 heteroatoms. The van der Waals surface area contributed by atoms with Crippen LogP contribution in [0.2, 0.25) is 0 Å². The fourth-order valence-electron chi connectivity index (χ4n) is 2.63. The Morgan fingerprint density at radius 2 is 2.09 bits per heavy atom. The van der Waals surface area contributed by atoms with E-state index in [4.69, 9.17) is 5.73 Å². The van der Waals surface area contributed by atoms with Crippen molar-refractivity contribution < 1.29 is 13.2 Å². The predicted molar refractivity (Wildman–Crippen MR) is 83.9 cm³/mol. The molecule has 0 aromatic carbocycles. The number of amides is 1. The largest absolute Gasteiger partial charge is 0.369 e. The fraction of sp³-hybridized carbons (Fsp3) is 0.571. The number of rotatable bonds is 6. The summed E-state index contributed by atoms with van der Waals surface area (Å²) < 4.78 is 26.2. The summed E-state index contributed by atoms with van der Waals surface area (Å²) in [7, 11) is -3.49. The standard InChI is InChI=1S/C14H22N4O3S/c1-3-18(4-2)22(20,21)12-5-6-13(16-9-12)17-8-7-11(10-17)14(15)19/h5-6,9,11H,3-4,7-8,10H2,1-2H3,(H2,15,19)/t11-/m0/s1. The van der Waals surface area contributed by atoms with E-state index in [1.165, 1.54) is 10.5 Å². The van der Waals surface area contributed by atoms with Crippen LogP contribution in [0, 0.1) is 5.92 Å². The summed E-state index contributed by atoms with van der Waals surface area (Å²) in [6.45, 7) is 5.68. The number of anilines is 1. The molecule has 0 saturated carbocycles. The minimum Gasteiger partial charge on any atom is -0.369 e. The first-order valence-corrected chi connectivity index (χ1v) is 8.84. The van der Waals surface area contributed by atoms with Crippen LogP contribution in [-0.4, -0.2) is 49.8 Å². The lowest BCUT2D eigenvalue weighted by molar-refractivity contribution is -0.121. The second-order valence-electron chi connectivity index (χ2n) is 5.28. The van der Waals surface area contributed by atoms with Gasteiger partial charge in [0.1, 0.15) is 10.7 Å². The molecule has 0 spiro atoms. The van der Waals surface area contributed by atoms with Gasteiger partial charge in [0.05, 0.1) is 5.92 Å². The molecule has 1 aliphatic heterocycles. The molecule has 0 unspecified atom stereocenters. The molecule has 1 amide bonds. The number of hydrogen-bond donors (Lipinski definition) is 1. The number of nitrogens with two attached hydrogens (primary N) is 1. The van der Waals surface area contributed by atoms with E-state index in [2.05, 4.69) is 4.98 Å².